The van der Waals surface area contributed by atoms with Crippen LogP contribution in [0.3, 0.4) is 0 Å². The van der Waals surface area contributed by atoms with Crippen LogP contribution in [0.2, 0.25) is 0 Å². The lowest BCUT2D eigenvalue weighted by molar-refractivity contribution is -0.153. The zero-order chi connectivity index (χ0) is 24.0. The molecule has 34 heavy (non-hydrogen) atoms. The quantitative estimate of drug-likeness (QED) is 0.534. The van der Waals surface area contributed by atoms with E-state index in [0.29, 0.717) is 42.6 Å². The van der Waals surface area contributed by atoms with Crippen molar-refractivity contribution in [2.45, 2.75) is 38.1 Å². The fourth-order valence-corrected chi connectivity index (χ4v) is 5.75. The van der Waals surface area contributed by atoms with Crippen LogP contribution in [0.15, 0.2) is 42.5 Å². The first kappa shape index (κ1) is 22.1. The number of imide groups is 1. The lowest BCUT2D eigenvalue weighted by atomic mass is 9.77. The van der Waals surface area contributed by atoms with E-state index >= 15 is 0 Å². The summed E-state index contributed by atoms with van der Waals surface area (Å²) in [5.41, 5.74) is 9.26. The average molecular weight is 462 g/mol. The van der Waals surface area contributed by atoms with Gasteiger partial charge in [-0.2, -0.15) is 0 Å². The summed E-state index contributed by atoms with van der Waals surface area (Å²) in [6, 6.07) is 11.6. The maximum Gasteiger partial charge on any atom is 0.307 e. The molecule has 2 aliphatic heterocycles. The van der Waals surface area contributed by atoms with E-state index in [1.54, 1.807) is 41.3 Å². The van der Waals surface area contributed by atoms with Crippen molar-refractivity contribution < 1.29 is 24.3 Å². The predicted octanol–water partition coefficient (Wildman–Crippen LogP) is 2.88. The molecule has 8 heteroatoms. The Morgan fingerprint density at radius 2 is 1.59 bits per heavy atom. The minimum absolute atomic E-state index is 0.000994. The van der Waals surface area contributed by atoms with E-state index in [0.717, 1.165) is 24.0 Å². The van der Waals surface area contributed by atoms with Crippen molar-refractivity contribution in [3.05, 3.63) is 64.7 Å². The van der Waals surface area contributed by atoms with Gasteiger partial charge in [0.2, 0.25) is 5.91 Å². The molecule has 1 fully saturated rings. The number of nitrogen functional groups attached to an aromatic ring is 1. The average Bonchev–Trinajstić information content (AvgIpc) is 3.09. The molecule has 0 spiro atoms. The molecule has 3 N–H and O–H groups in total. The van der Waals surface area contributed by atoms with Crippen molar-refractivity contribution in [1.82, 2.24) is 9.80 Å². The number of anilines is 1. The molecule has 3 atom stereocenters. The summed E-state index contributed by atoms with van der Waals surface area (Å²) in [6.07, 6.45) is 3.14. The molecule has 1 saturated carbocycles. The molecule has 0 saturated heterocycles. The van der Waals surface area contributed by atoms with Crippen molar-refractivity contribution in [3.8, 4) is 0 Å². The van der Waals surface area contributed by atoms with Gasteiger partial charge < -0.3 is 15.7 Å². The summed E-state index contributed by atoms with van der Waals surface area (Å²) in [4.78, 5) is 54.7. The molecule has 176 valence electrons. The summed E-state index contributed by atoms with van der Waals surface area (Å²) in [5, 5.41) is 9.73. The second-order valence-electron chi connectivity index (χ2n) is 9.31. The molecule has 0 radical (unpaired) electrons. The topological polar surface area (TPSA) is 121 Å². The van der Waals surface area contributed by atoms with Crippen molar-refractivity contribution in [2.24, 2.45) is 11.8 Å². The molecule has 0 bridgehead atoms. The highest BCUT2D eigenvalue weighted by Gasteiger charge is 2.44. The third-order valence-electron chi connectivity index (χ3n) is 7.50. The largest absolute Gasteiger partial charge is 0.481 e. The fraction of sp³-hybridized carbons (Fsp3) is 0.385. The van der Waals surface area contributed by atoms with E-state index < -0.39 is 23.8 Å². The second-order valence-corrected chi connectivity index (χ2v) is 9.31. The van der Waals surface area contributed by atoms with Crippen LogP contribution in [-0.2, 0) is 16.0 Å². The Morgan fingerprint density at radius 1 is 0.941 bits per heavy atom. The number of carbonyl (C=O) groups is 4. The number of aliphatic carboxylic acids is 1. The number of nitrogens with zero attached hydrogens (tertiary/aromatic N) is 2. The fourth-order valence-electron chi connectivity index (χ4n) is 5.75. The smallest absolute Gasteiger partial charge is 0.307 e. The highest BCUT2D eigenvalue weighted by Crippen LogP contribution is 2.39. The van der Waals surface area contributed by atoms with Crippen LogP contribution in [0.5, 0.6) is 0 Å². The summed E-state index contributed by atoms with van der Waals surface area (Å²) >= 11 is 0. The Labute approximate surface area is 197 Å². The Morgan fingerprint density at radius 3 is 2.24 bits per heavy atom. The second kappa shape index (κ2) is 8.59. The first-order valence-electron chi connectivity index (χ1n) is 11.7. The highest BCUT2D eigenvalue weighted by molar-refractivity contribution is 6.21. The van der Waals surface area contributed by atoms with Gasteiger partial charge in [0.15, 0.2) is 0 Å². The van der Waals surface area contributed by atoms with Gasteiger partial charge in [-0.3, -0.25) is 24.1 Å². The normalized spacial score (nSPS) is 24.1. The molecule has 8 nitrogen and oxygen atoms in total. The van der Waals surface area contributed by atoms with E-state index in [9.17, 15) is 24.3 Å². The maximum absolute atomic E-state index is 13.8. The molecule has 5 rings (SSSR count). The number of carbonyl (C=O) groups excluding carboxylic acids is 3. The van der Waals surface area contributed by atoms with E-state index in [1.807, 2.05) is 6.07 Å². The Bertz CT molecular complexity index is 1160. The van der Waals surface area contributed by atoms with Crippen LogP contribution in [0.4, 0.5) is 5.69 Å². The number of amides is 3. The van der Waals surface area contributed by atoms with Gasteiger partial charge in [-0.15, -0.1) is 0 Å². The van der Waals surface area contributed by atoms with Gasteiger partial charge in [0, 0.05) is 12.2 Å². The Balaban J connectivity index is 1.51. The van der Waals surface area contributed by atoms with Crippen LogP contribution in [0.1, 0.15) is 63.6 Å². The number of fused-ring (bicyclic) bond motifs is 2. The summed E-state index contributed by atoms with van der Waals surface area (Å²) in [7, 11) is 0. The van der Waals surface area contributed by atoms with Crippen LogP contribution < -0.4 is 5.73 Å². The molecule has 2 aromatic carbocycles. The number of rotatable bonds is 4. The molecule has 2 heterocycles. The van der Waals surface area contributed by atoms with Crippen molar-refractivity contribution in [2.75, 3.05) is 18.8 Å². The number of hydrogen-bond acceptors (Lipinski definition) is 5. The third-order valence-corrected chi connectivity index (χ3v) is 7.50. The van der Waals surface area contributed by atoms with Crippen LogP contribution in [-0.4, -0.2) is 51.7 Å². The van der Waals surface area contributed by atoms with Gasteiger partial charge in [-0.25, -0.2) is 0 Å². The van der Waals surface area contributed by atoms with E-state index in [1.165, 1.54) is 4.90 Å². The molecule has 1 unspecified atom stereocenters. The van der Waals surface area contributed by atoms with Gasteiger partial charge in [-0.1, -0.05) is 37.1 Å². The molecule has 3 aliphatic rings. The monoisotopic (exact) mass is 461 g/mol. The molecule has 1 aliphatic carbocycles. The minimum atomic E-state index is -0.948. The third kappa shape index (κ3) is 3.54. The summed E-state index contributed by atoms with van der Waals surface area (Å²) < 4.78 is 0. The zero-order valence-electron chi connectivity index (χ0n) is 18.8. The van der Waals surface area contributed by atoms with E-state index in [4.69, 9.17) is 5.73 Å². The molecule has 2 aromatic rings. The number of nitrogens with two attached hydrogens (primary N) is 1. The van der Waals surface area contributed by atoms with E-state index in [2.05, 4.69) is 0 Å². The van der Waals surface area contributed by atoms with Crippen molar-refractivity contribution in [1.29, 1.82) is 0 Å². The van der Waals surface area contributed by atoms with E-state index in [-0.39, 0.29) is 24.3 Å². The minimum Gasteiger partial charge on any atom is -0.481 e. The first-order valence-corrected chi connectivity index (χ1v) is 11.7. The summed E-state index contributed by atoms with van der Waals surface area (Å²) in [6.45, 7) is 0.357. The van der Waals surface area contributed by atoms with Crippen LogP contribution in [0, 0.1) is 11.8 Å². The van der Waals surface area contributed by atoms with Gasteiger partial charge in [-0.05, 0) is 48.6 Å². The number of carboxylic acids is 1. The molecule has 3 amide bonds. The van der Waals surface area contributed by atoms with Crippen molar-refractivity contribution in [3.63, 3.8) is 0 Å². The Kier molecular flexibility index (Phi) is 5.59. The summed E-state index contributed by atoms with van der Waals surface area (Å²) in [5.74, 6) is -3.27. The van der Waals surface area contributed by atoms with Crippen LogP contribution >= 0.6 is 0 Å². The standard InChI is InChI=1S/C26H27N3O5/c27-21-11-5-10-16-15(21)12-13-28(23(30)19-8-3-4-9-20(19)26(33)34)22(16)14-29-24(31)17-6-1-2-7-18(17)25(29)32/h1-2,5-7,10-11,19-20,22H,3-4,8-9,12-14,27H2,(H,33,34)/t19-,20+,22?/m1/s1. The molecular formula is C26H27N3O5. The Hall–Kier alpha value is -3.68. The SMILES string of the molecule is Nc1cccc2c1CCN(C(=O)[C@@H]1CCCC[C@@H]1C(=O)O)C2CN1C(=O)c2ccccc2C1=O. The predicted molar refractivity (Wildman–Crippen MR) is 124 cm³/mol. The molecule has 0 aromatic heterocycles. The van der Waals surface area contributed by atoms with Gasteiger partial charge in [0.1, 0.15) is 0 Å². The highest BCUT2D eigenvalue weighted by atomic mass is 16.4. The number of hydrogen-bond donors (Lipinski definition) is 2. The lowest BCUT2D eigenvalue weighted by Gasteiger charge is -2.42. The number of carboxylic acid groups (broad SMARTS) is 1. The lowest BCUT2D eigenvalue weighted by Crippen LogP contribution is -2.50. The first-order chi connectivity index (χ1) is 16.4. The zero-order valence-corrected chi connectivity index (χ0v) is 18.8. The van der Waals surface area contributed by atoms with Crippen molar-refractivity contribution >= 4 is 29.4 Å². The van der Waals surface area contributed by atoms with Gasteiger partial charge in [0.05, 0.1) is 35.5 Å². The van der Waals surface area contributed by atoms with Crippen LogP contribution in [0.25, 0.3) is 0 Å². The maximum atomic E-state index is 13.8. The van der Waals surface area contributed by atoms with Gasteiger partial charge in [0.25, 0.3) is 11.8 Å². The van der Waals surface area contributed by atoms with Gasteiger partial charge >= 0.3 is 5.97 Å². The molecular weight excluding hydrogens is 434 g/mol. The number of benzene rings is 2.